The SMILES string of the molecule is C=CCNC(=O)[C@@H](NC(=O)OCc1ccccc1)[C@@H](C)O. The maximum absolute atomic E-state index is 11.8. The van der Waals surface area contributed by atoms with Gasteiger partial charge >= 0.3 is 6.09 Å². The van der Waals surface area contributed by atoms with Crippen LogP contribution in [0.4, 0.5) is 4.79 Å². The Bertz CT molecular complexity index is 474. The summed E-state index contributed by atoms with van der Waals surface area (Å²) in [5, 5.41) is 14.4. The number of nitrogens with one attached hydrogen (secondary N) is 2. The second-order valence-electron chi connectivity index (χ2n) is 4.46. The average Bonchev–Trinajstić information content (AvgIpc) is 2.49. The van der Waals surface area contributed by atoms with E-state index in [9.17, 15) is 14.7 Å². The number of aliphatic hydroxyl groups excluding tert-OH is 1. The van der Waals surface area contributed by atoms with Gasteiger partial charge in [0.25, 0.3) is 0 Å². The third-order valence-corrected chi connectivity index (χ3v) is 2.67. The van der Waals surface area contributed by atoms with Gasteiger partial charge < -0.3 is 20.5 Å². The Kier molecular flexibility index (Phi) is 6.97. The lowest BCUT2D eigenvalue weighted by Gasteiger charge is -2.20. The maximum Gasteiger partial charge on any atom is 0.408 e. The third kappa shape index (κ3) is 6.09. The lowest BCUT2D eigenvalue weighted by Crippen LogP contribution is -2.52. The van der Waals surface area contributed by atoms with Gasteiger partial charge in [0.15, 0.2) is 0 Å². The molecule has 0 aliphatic carbocycles. The first-order valence-electron chi connectivity index (χ1n) is 6.58. The number of hydrogen-bond acceptors (Lipinski definition) is 4. The minimum Gasteiger partial charge on any atom is -0.445 e. The van der Waals surface area contributed by atoms with Crippen molar-refractivity contribution in [2.75, 3.05) is 6.54 Å². The van der Waals surface area contributed by atoms with Crippen LogP contribution in [0.2, 0.25) is 0 Å². The number of alkyl carbamates (subject to hydrolysis) is 1. The lowest BCUT2D eigenvalue weighted by atomic mass is 10.1. The predicted octanol–water partition coefficient (Wildman–Crippen LogP) is 0.964. The van der Waals surface area contributed by atoms with Crippen LogP contribution in [-0.2, 0) is 16.1 Å². The molecule has 0 radical (unpaired) electrons. The molecule has 0 fully saturated rings. The van der Waals surface area contributed by atoms with E-state index in [1.165, 1.54) is 13.0 Å². The molecule has 114 valence electrons. The molecule has 0 unspecified atom stereocenters. The highest BCUT2D eigenvalue weighted by molar-refractivity contribution is 5.86. The Morgan fingerprint density at radius 2 is 2.05 bits per heavy atom. The Morgan fingerprint density at radius 1 is 1.38 bits per heavy atom. The van der Waals surface area contributed by atoms with E-state index in [4.69, 9.17) is 4.74 Å². The molecule has 2 atom stereocenters. The van der Waals surface area contributed by atoms with Crippen LogP contribution in [0.1, 0.15) is 12.5 Å². The van der Waals surface area contributed by atoms with Gasteiger partial charge in [0.1, 0.15) is 12.6 Å². The van der Waals surface area contributed by atoms with Gasteiger partial charge in [0.05, 0.1) is 6.10 Å². The number of carbonyl (C=O) groups is 2. The summed E-state index contributed by atoms with van der Waals surface area (Å²) in [5.74, 6) is -0.499. The number of ether oxygens (including phenoxy) is 1. The number of aliphatic hydroxyl groups is 1. The second-order valence-corrected chi connectivity index (χ2v) is 4.46. The molecule has 6 nitrogen and oxygen atoms in total. The first-order valence-corrected chi connectivity index (χ1v) is 6.58. The highest BCUT2D eigenvalue weighted by atomic mass is 16.5. The Hall–Kier alpha value is -2.34. The van der Waals surface area contributed by atoms with E-state index in [1.807, 2.05) is 30.3 Å². The molecule has 0 aliphatic rings. The largest absolute Gasteiger partial charge is 0.445 e. The molecule has 0 heterocycles. The average molecular weight is 292 g/mol. The number of amides is 2. The fourth-order valence-corrected chi connectivity index (χ4v) is 1.58. The van der Waals surface area contributed by atoms with Gasteiger partial charge in [0, 0.05) is 6.54 Å². The monoisotopic (exact) mass is 292 g/mol. The smallest absolute Gasteiger partial charge is 0.408 e. The van der Waals surface area contributed by atoms with Gasteiger partial charge in [-0.3, -0.25) is 4.79 Å². The van der Waals surface area contributed by atoms with Crippen LogP contribution >= 0.6 is 0 Å². The van der Waals surface area contributed by atoms with E-state index in [-0.39, 0.29) is 13.2 Å². The molecular weight excluding hydrogens is 272 g/mol. The molecule has 21 heavy (non-hydrogen) atoms. The standard InChI is InChI=1S/C15H20N2O4/c1-3-9-16-14(19)13(11(2)18)17-15(20)21-10-12-7-5-4-6-8-12/h3-8,11,13,18H,1,9-10H2,2H3,(H,16,19)(H,17,20)/t11-,13+/m1/s1. The van der Waals surface area contributed by atoms with Crippen molar-refractivity contribution in [1.29, 1.82) is 0 Å². The Labute approximate surface area is 123 Å². The van der Waals surface area contributed by atoms with Crippen molar-refractivity contribution in [3.63, 3.8) is 0 Å². The van der Waals surface area contributed by atoms with Gasteiger partial charge in [-0.1, -0.05) is 36.4 Å². The van der Waals surface area contributed by atoms with E-state index in [2.05, 4.69) is 17.2 Å². The van der Waals surface area contributed by atoms with Crippen LogP contribution in [0.5, 0.6) is 0 Å². The summed E-state index contributed by atoms with van der Waals surface area (Å²) in [5.41, 5.74) is 0.831. The van der Waals surface area contributed by atoms with Crippen molar-refractivity contribution in [3.8, 4) is 0 Å². The second kappa shape index (κ2) is 8.76. The third-order valence-electron chi connectivity index (χ3n) is 2.67. The van der Waals surface area contributed by atoms with Crippen LogP contribution in [0, 0.1) is 0 Å². The minimum absolute atomic E-state index is 0.0908. The zero-order valence-electron chi connectivity index (χ0n) is 11.9. The van der Waals surface area contributed by atoms with Gasteiger partial charge in [-0.15, -0.1) is 6.58 Å². The summed E-state index contributed by atoms with van der Waals surface area (Å²) in [7, 11) is 0. The summed E-state index contributed by atoms with van der Waals surface area (Å²) in [6.45, 7) is 5.23. The van der Waals surface area contributed by atoms with Crippen molar-refractivity contribution in [3.05, 3.63) is 48.6 Å². The highest BCUT2D eigenvalue weighted by Gasteiger charge is 2.25. The number of rotatable bonds is 7. The molecule has 0 spiro atoms. The van der Waals surface area contributed by atoms with Crippen LogP contribution in [0.15, 0.2) is 43.0 Å². The van der Waals surface area contributed by atoms with Crippen LogP contribution < -0.4 is 10.6 Å². The van der Waals surface area contributed by atoms with E-state index in [1.54, 1.807) is 0 Å². The molecule has 6 heteroatoms. The Balaban J connectivity index is 2.48. The van der Waals surface area contributed by atoms with E-state index in [0.717, 1.165) is 5.56 Å². The Morgan fingerprint density at radius 3 is 2.62 bits per heavy atom. The van der Waals surface area contributed by atoms with Crippen LogP contribution in [0.25, 0.3) is 0 Å². The predicted molar refractivity (Wildman–Crippen MR) is 78.4 cm³/mol. The lowest BCUT2D eigenvalue weighted by molar-refractivity contribution is -0.125. The number of hydrogen-bond donors (Lipinski definition) is 3. The van der Waals surface area contributed by atoms with Crippen molar-refractivity contribution >= 4 is 12.0 Å². The van der Waals surface area contributed by atoms with E-state index in [0.29, 0.717) is 0 Å². The zero-order valence-corrected chi connectivity index (χ0v) is 11.9. The van der Waals surface area contributed by atoms with Crippen molar-refractivity contribution in [1.82, 2.24) is 10.6 Å². The molecule has 1 aromatic carbocycles. The van der Waals surface area contributed by atoms with Crippen LogP contribution in [-0.4, -0.2) is 35.8 Å². The quantitative estimate of drug-likeness (QED) is 0.653. The fourth-order valence-electron chi connectivity index (χ4n) is 1.58. The fraction of sp³-hybridized carbons (Fsp3) is 0.333. The zero-order chi connectivity index (χ0) is 15.7. The summed E-state index contributed by atoms with van der Waals surface area (Å²) >= 11 is 0. The first kappa shape index (κ1) is 16.7. The van der Waals surface area contributed by atoms with Crippen LogP contribution in [0.3, 0.4) is 0 Å². The molecule has 0 aromatic heterocycles. The summed E-state index contributed by atoms with van der Waals surface area (Å²) in [4.78, 5) is 23.4. The summed E-state index contributed by atoms with van der Waals surface area (Å²) in [6, 6.07) is 8.08. The molecule has 1 rings (SSSR count). The van der Waals surface area contributed by atoms with Gasteiger partial charge in [-0.05, 0) is 12.5 Å². The topological polar surface area (TPSA) is 87.7 Å². The number of benzene rings is 1. The normalized spacial score (nSPS) is 12.9. The molecular formula is C15H20N2O4. The van der Waals surface area contributed by atoms with E-state index >= 15 is 0 Å². The molecule has 3 N–H and O–H groups in total. The molecule has 1 aromatic rings. The van der Waals surface area contributed by atoms with Gasteiger partial charge in [0.2, 0.25) is 5.91 Å². The highest BCUT2D eigenvalue weighted by Crippen LogP contribution is 2.01. The molecule has 0 aliphatic heterocycles. The summed E-state index contributed by atoms with van der Waals surface area (Å²) in [6.07, 6.45) is -0.303. The van der Waals surface area contributed by atoms with Crippen molar-refractivity contribution in [2.45, 2.75) is 25.7 Å². The van der Waals surface area contributed by atoms with Gasteiger partial charge in [-0.25, -0.2) is 4.79 Å². The molecule has 0 bridgehead atoms. The van der Waals surface area contributed by atoms with Gasteiger partial charge in [-0.2, -0.15) is 0 Å². The maximum atomic E-state index is 11.8. The molecule has 0 saturated carbocycles. The summed E-state index contributed by atoms with van der Waals surface area (Å²) < 4.78 is 5.00. The van der Waals surface area contributed by atoms with E-state index < -0.39 is 24.1 Å². The first-order chi connectivity index (χ1) is 10.0. The van der Waals surface area contributed by atoms with Crippen molar-refractivity contribution < 1.29 is 19.4 Å². The molecule has 2 amide bonds. The number of carbonyl (C=O) groups excluding carboxylic acids is 2. The van der Waals surface area contributed by atoms with Crippen molar-refractivity contribution in [2.24, 2.45) is 0 Å². The minimum atomic E-state index is -1.08. The molecule has 0 saturated heterocycles.